The van der Waals surface area contributed by atoms with Crippen molar-refractivity contribution in [1.82, 2.24) is 14.6 Å². The molecule has 0 aliphatic carbocycles. The van der Waals surface area contributed by atoms with Gasteiger partial charge in [0.1, 0.15) is 18.4 Å². The van der Waals surface area contributed by atoms with E-state index < -0.39 is 43.5 Å². The summed E-state index contributed by atoms with van der Waals surface area (Å²) >= 11 is 5.86. The van der Waals surface area contributed by atoms with Crippen LogP contribution in [0.25, 0.3) is 0 Å². The first-order valence-corrected chi connectivity index (χ1v) is 11.7. The number of aryl methyl sites for hydroxylation is 1. The zero-order valence-electron chi connectivity index (χ0n) is 18.0. The van der Waals surface area contributed by atoms with Gasteiger partial charge in [0, 0.05) is 16.8 Å². The number of hydrogen-bond acceptors (Lipinski definition) is 9. The molecule has 1 unspecified atom stereocenters. The number of nitrogens with zero attached hydrogens (tertiary/aromatic N) is 1. The summed E-state index contributed by atoms with van der Waals surface area (Å²) in [5, 5.41) is 2.94. The molecule has 2 heterocycles. The van der Waals surface area contributed by atoms with E-state index in [1.54, 1.807) is 6.92 Å². The van der Waals surface area contributed by atoms with E-state index in [0.717, 1.165) is 0 Å². The average molecular weight is 504 g/mol. The van der Waals surface area contributed by atoms with E-state index in [1.807, 2.05) is 0 Å². The predicted molar refractivity (Wildman–Crippen MR) is 116 cm³/mol. The molecule has 2 N–H and O–H groups in total. The largest absolute Gasteiger partial charge is 0.468 e. The first kappa shape index (κ1) is 25.2. The standard InChI is InChI=1S/C19H23ClN3O9P/c1-11-8-23(19(26)21-17(11)24)15-9-29-16(31-15)10-30-33(27,22-12(2)18(25)28-3)32-14-6-4-13(20)5-7-14/h4-8,12,15-16H,9-10H2,1-3H3,(H,22,27)(H,21,24,26)/t12-,15+,16+,33?/m0/s1. The van der Waals surface area contributed by atoms with Gasteiger partial charge in [-0.25, -0.2) is 9.36 Å². The van der Waals surface area contributed by atoms with Crippen LogP contribution in [-0.4, -0.2) is 48.2 Å². The number of H-pyrrole nitrogens is 1. The van der Waals surface area contributed by atoms with Crippen LogP contribution in [0, 0.1) is 6.92 Å². The summed E-state index contributed by atoms with van der Waals surface area (Å²) < 4.78 is 41.2. The summed E-state index contributed by atoms with van der Waals surface area (Å²) in [6.45, 7) is 2.59. The number of hydrogen-bond donors (Lipinski definition) is 2. The number of ether oxygens (including phenoxy) is 3. The maximum Gasteiger partial charge on any atom is 0.459 e. The average Bonchev–Trinajstić information content (AvgIpc) is 3.25. The molecule has 14 heteroatoms. The van der Waals surface area contributed by atoms with E-state index in [4.69, 9.17) is 30.1 Å². The molecule has 0 amide bonds. The van der Waals surface area contributed by atoms with Crippen LogP contribution >= 0.6 is 19.3 Å². The lowest BCUT2D eigenvalue weighted by Gasteiger charge is -2.23. The Morgan fingerprint density at radius 2 is 2.06 bits per heavy atom. The molecule has 180 valence electrons. The second-order valence-electron chi connectivity index (χ2n) is 7.04. The summed E-state index contributed by atoms with van der Waals surface area (Å²) in [7, 11) is -2.93. The number of halogens is 1. The molecule has 1 aliphatic rings. The number of benzene rings is 1. The SMILES string of the molecule is COC(=O)[C@H](C)NP(=O)(OC[C@@H]1OC[C@H](n2cc(C)c(=O)[nH]c2=O)O1)Oc1ccc(Cl)cc1. The zero-order chi connectivity index (χ0) is 24.2. The molecule has 12 nitrogen and oxygen atoms in total. The van der Waals surface area contributed by atoms with E-state index in [1.165, 1.54) is 49.1 Å². The predicted octanol–water partition coefficient (Wildman–Crippen LogP) is 1.72. The fourth-order valence-electron chi connectivity index (χ4n) is 2.83. The minimum absolute atomic E-state index is 0.0201. The second-order valence-corrected chi connectivity index (χ2v) is 9.18. The van der Waals surface area contributed by atoms with Crippen molar-refractivity contribution in [3.05, 3.63) is 61.9 Å². The maximum atomic E-state index is 13.3. The van der Waals surface area contributed by atoms with Gasteiger partial charge in [0.25, 0.3) is 5.56 Å². The number of nitrogens with one attached hydrogen (secondary N) is 2. The van der Waals surface area contributed by atoms with Crippen LogP contribution in [-0.2, 0) is 28.1 Å². The molecular formula is C19H23ClN3O9P. The summed E-state index contributed by atoms with van der Waals surface area (Å²) in [6.07, 6.45) is -0.487. The van der Waals surface area contributed by atoms with Crippen LogP contribution in [0.15, 0.2) is 40.1 Å². The van der Waals surface area contributed by atoms with Crippen LogP contribution in [0.2, 0.25) is 5.02 Å². The lowest BCUT2D eigenvalue weighted by Crippen LogP contribution is -2.35. The van der Waals surface area contributed by atoms with Gasteiger partial charge in [-0.2, -0.15) is 5.09 Å². The first-order valence-electron chi connectivity index (χ1n) is 9.74. The van der Waals surface area contributed by atoms with Crippen LogP contribution < -0.4 is 20.9 Å². The van der Waals surface area contributed by atoms with Gasteiger partial charge in [0.2, 0.25) is 0 Å². The van der Waals surface area contributed by atoms with Crippen LogP contribution in [0.3, 0.4) is 0 Å². The van der Waals surface area contributed by atoms with Crippen molar-refractivity contribution in [2.24, 2.45) is 0 Å². The summed E-state index contributed by atoms with van der Waals surface area (Å²) in [5.74, 6) is -0.506. The number of carbonyl (C=O) groups is 1. The third kappa shape index (κ3) is 6.53. The molecule has 0 bridgehead atoms. The van der Waals surface area contributed by atoms with Gasteiger partial charge >= 0.3 is 19.4 Å². The molecular weight excluding hydrogens is 481 g/mol. The molecule has 0 saturated carbocycles. The Bertz CT molecular complexity index is 1150. The van der Waals surface area contributed by atoms with E-state index in [0.29, 0.717) is 10.6 Å². The Morgan fingerprint density at radius 3 is 2.73 bits per heavy atom. The molecule has 1 saturated heterocycles. The van der Waals surface area contributed by atoms with E-state index in [9.17, 15) is 18.9 Å². The maximum absolute atomic E-state index is 13.3. The fourth-order valence-corrected chi connectivity index (χ4v) is 4.43. The number of aromatic amines is 1. The molecule has 1 aromatic carbocycles. The smallest absolute Gasteiger partial charge is 0.459 e. The lowest BCUT2D eigenvalue weighted by molar-refractivity contribution is -0.142. The molecule has 0 spiro atoms. The monoisotopic (exact) mass is 503 g/mol. The van der Waals surface area contributed by atoms with E-state index in [-0.39, 0.29) is 19.0 Å². The van der Waals surface area contributed by atoms with Crippen molar-refractivity contribution in [2.45, 2.75) is 32.4 Å². The third-order valence-corrected chi connectivity index (χ3v) is 6.41. The molecule has 33 heavy (non-hydrogen) atoms. The highest BCUT2D eigenvalue weighted by Gasteiger charge is 2.36. The number of aromatic nitrogens is 2. The second kappa shape index (κ2) is 10.6. The highest BCUT2D eigenvalue weighted by Crippen LogP contribution is 2.45. The Morgan fingerprint density at radius 1 is 1.36 bits per heavy atom. The number of methoxy groups -OCH3 is 1. The van der Waals surface area contributed by atoms with Crippen molar-refractivity contribution in [3.63, 3.8) is 0 Å². The van der Waals surface area contributed by atoms with Crippen molar-refractivity contribution in [3.8, 4) is 5.75 Å². The van der Waals surface area contributed by atoms with Crippen LogP contribution in [0.1, 0.15) is 18.7 Å². The van der Waals surface area contributed by atoms with Gasteiger partial charge in [-0.05, 0) is 38.1 Å². The van der Waals surface area contributed by atoms with E-state index in [2.05, 4.69) is 14.8 Å². The van der Waals surface area contributed by atoms with Crippen LogP contribution in [0.5, 0.6) is 5.75 Å². The van der Waals surface area contributed by atoms with Crippen molar-refractivity contribution in [2.75, 3.05) is 20.3 Å². The molecule has 4 atom stereocenters. The van der Waals surface area contributed by atoms with Gasteiger partial charge in [-0.15, -0.1) is 0 Å². The Balaban J connectivity index is 1.70. The van der Waals surface area contributed by atoms with Gasteiger partial charge in [-0.1, -0.05) is 11.6 Å². The first-order chi connectivity index (χ1) is 15.6. The summed E-state index contributed by atoms with van der Waals surface area (Å²) in [5.41, 5.74) is -0.841. The van der Waals surface area contributed by atoms with Gasteiger partial charge in [0.15, 0.2) is 12.5 Å². The van der Waals surface area contributed by atoms with Crippen molar-refractivity contribution >= 4 is 25.3 Å². The Hall–Kier alpha value is -2.47. The highest BCUT2D eigenvalue weighted by atomic mass is 35.5. The molecule has 1 aromatic heterocycles. The normalized spacial score (nSPS) is 20.7. The molecule has 3 rings (SSSR count). The van der Waals surface area contributed by atoms with Gasteiger partial charge < -0.3 is 18.7 Å². The number of rotatable bonds is 9. The van der Waals surface area contributed by atoms with Gasteiger partial charge in [0.05, 0.1) is 13.7 Å². The molecule has 1 fully saturated rings. The minimum atomic E-state index is -4.12. The van der Waals surface area contributed by atoms with Crippen LogP contribution in [0.4, 0.5) is 0 Å². The topological polar surface area (TPSA) is 147 Å². The minimum Gasteiger partial charge on any atom is -0.468 e. The molecule has 0 radical (unpaired) electrons. The quantitative estimate of drug-likeness (QED) is 0.383. The van der Waals surface area contributed by atoms with Crippen molar-refractivity contribution in [1.29, 1.82) is 0 Å². The third-order valence-electron chi connectivity index (χ3n) is 4.52. The zero-order valence-corrected chi connectivity index (χ0v) is 19.6. The summed E-state index contributed by atoms with van der Waals surface area (Å²) in [4.78, 5) is 37.6. The summed E-state index contributed by atoms with van der Waals surface area (Å²) in [6, 6.07) is 5.00. The molecule has 2 aromatic rings. The lowest BCUT2D eigenvalue weighted by atomic mass is 10.3. The highest BCUT2D eigenvalue weighted by molar-refractivity contribution is 7.52. The Kier molecular flexibility index (Phi) is 8.11. The van der Waals surface area contributed by atoms with Crippen molar-refractivity contribution < 1.29 is 32.6 Å². The van der Waals surface area contributed by atoms with E-state index >= 15 is 0 Å². The number of carbonyl (C=O) groups excluding carboxylic acids is 1. The number of esters is 1. The Labute approximate surface area is 193 Å². The fraction of sp³-hybridized carbons (Fsp3) is 0.421. The van der Waals surface area contributed by atoms with Gasteiger partial charge in [-0.3, -0.25) is 23.7 Å². The molecule has 1 aliphatic heterocycles.